The first-order valence-corrected chi connectivity index (χ1v) is 5.95. The van der Waals surface area contributed by atoms with Crippen molar-refractivity contribution in [3.05, 3.63) is 0 Å². The van der Waals surface area contributed by atoms with Gasteiger partial charge in [0.1, 0.15) is 0 Å². The van der Waals surface area contributed by atoms with Crippen molar-refractivity contribution in [3.8, 4) is 0 Å². The van der Waals surface area contributed by atoms with Gasteiger partial charge in [-0.2, -0.15) is 0 Å². The summed E-state index contributed by atoms with van der Waals surface area (Å²) >= 11 is 0. The van der Waals surface area contributed by atoms with E-state index in [1.165, 1.54) is 12.8 Å². The Bertz CT molecular complexity index is 226. The van der Waals surface area contributed by atoms with Crippen LogP contribution in [-0.4, -0.2) is 29.2 Å². The van der Waals surface area contributed by atoms with E-state index in [9.17, 15) is 4.79 Å². The molecule has 1 saturated heterocycles. The smallest absolute Gasteiger partial charge is 0.410 e. The first-order valence-electron chi connectivity index (χ1n) is 5.95. The van der Waals surface area contributed by atoms with E-state index in [0.29, 0.717) is 12.6 Å². The van der Waals surface area contributed by atoms with E-state index >= 15 is 0 Å². The van der Waals surface area contributed by atoms with Gasteiger partial charge in [0, 0.05) is 11.6 Å². The molecule has 1 heterocycles. The summed E-state index contributed by atoms with van der Waals surface area (Å²) in [5.74, 6) is 0. The maximum atomic E-state index is 11.9. The Morgan fingerprint density at radius 3 is 2.73 bits per heavy atom. The number of ether oxygens (including phenoxy) is 1. The minimum Gasteiger partial charge on any atom is -0.450 e. The van der Waals surface area contributed by atoms with Gasteiger partial charge in [-0.3, -0.25) is 0 Å². The second-order valence-electron chi connectivity index (χ2n) is 4.98. The number of amides is 1. The third-order valence-electron chi connectivity index (χ3n) is 3.22. The molecule has 1 unspecified atom stereocenters. The van der Waals surface area contributed by atoms with E-state index in [1.807, 2.05) is 11.8 Å². The van der Waals surface area contributed by atoms with Crippen LogP contribution in [0.2, 0.25) is 0 Å². The van der Waals surface area contributed by atoms with Crippen LogP contribution in [0.25, 0.3) is 0 Å². The van der Waals surface area contributed by atoms with Gasteiger partial charge in [-0.1, -0.05) is 12.8 Å². The van der Waals surface area contributed by atoms with Crippen molar-refractivity contribution in [2.45, 2.75) is 65.0 Å². The van der Waals surface area contributed by atoms with Crippen LogP contribution in [0.15, 0.2) is 0 Å². The summed E-state index contributed by atoms with van der Waals surface area (Å²) in [5.41, 5.74) is -0.0673. The highest BCUT2D eigenvalue weighted by atomic mass is 16.6. The molecule has 3 nitrogen and oxygen atoms in total. The van der Waals surface area contributed by atoms with E-state index in [4.69, 9.17) is 4.74 Å². The lowest BCUT2D eigenvalue weighted by molar-refractivity contribution is 0.0458. The topological polar surface area (TPSA) is 29.5 Å². The van der Waals surface area contributed by atoms with Crippen LogP contribution in [0.1, 0.15) is 53.4 Å². The van der Waals surface area contributed by atoms with Crippen LogP contribution in [-0.2, 0) is 4.74 Å². The van der Waals surface area contributed by atoms with Gasteiger partial charge >= 0.3 is 6.09 Å². The van der Waals surface area contributed by atoms with Gasteiger partial charge in [-0.25, -0.2) is 4.79 Å². The largest absolute Gasteiger partial charge is 0.450 e. The summed E-state index contributed by atoms with van der Waals surface area (Å²) in [7, 11) is 0. The van der Waals surface area contributed by atoms with Crippen LogP contribution in [0.4, 0.5) is 4.79 Å². The minimum absolute atomic E-state index is 0.0673. The maximum Gasteiger partial charge on any atom is 0.410 e. The fourth-order valence-corrected chi connectivity index (χ4v) is 2.46. The number of carbonyl (C=O) groups excluding carboxylic acids is 1. The van der Waals surface area contributed by atoms with Crippen LogP contribution >= 0.6 is 0 Å². The number of hydrogen-bond acceptors (Lipinski definition) is 2. The molecule has 0 saturated carbocycles. The van der Waals surface area contributed by atoms with Crippen molar-refractivity contribution in [1.82, 2.24) is 4.90 Å². The number of nitrogens with zero attached hydrogens (tertiary/aromatic N) is 1. The molecule has 0 aromatic rings. The zero-order valence-corrected chi connectivity index (χ0v) is 10.4. The lowest BCUT2D eigenvalue weighted by Gasteiger charge is -2.39. The van der Waals surface area contributed by atoms with Crippen LogP contribution in [0, 0.1) is 0 Å². The predicted molar refractivity (Wildman–Crippen MR) is 60.9 cm³/mol. The molecule has 1 rings (SSSR count). The Balaban J connectivity index is 2.81. The Hall–Kier alpha value is -0.730. The van der Waals surface area contributed by atoms with Gasteiger partial charge in [0.05, 0.1) is 6.61 Å². The normalized spacial score (nSPS) is 25.9. The lowest BCUT2D eigenvalue weighted by atomic mass is 9.97. The monoisotopic (exact) mass is 213 g/mol. The third kappa shape index (κ3) is 2.86. The van der Waals surface area contributed by atoms with Crippen LogP contribution in [0.5, 0.6) is 0 Å². The van der Waals surface area contributed by atoms with E-state index in [0.717, 1.165) is 12.8 Å². The molecule has 15 heavy (non-hydrogen) atoms. The molecule has 0 N–H and O–H groups in total. The molecule has 0 aromatic carbocycles. The molecule has 88 valence electrons. The molecule has 1 atom stereocenters. The summed E-state index contributed by atoms with van der Waals surface area (Å²) in [4.78, 5) is 13.8. The lowest BCUT2D eigenvalue weighted by Crippen LogP contribution is -2.51. The molecule has 0 spiro atoms. The third-order valence-corrected chi connectivity index (χ3v) is 3.22. The van der Waals surface area contributed by atoms with Crippen molar-refractivity contribution in [2.24, 2.45) is 0 Å². The highest BCUT2D eigenvalue weighted by Crippen LogP contribution is 2.30. The summed E-state index contributed by atoms with van der Waals surface area (Å²) in [5, 5.41) is 0. The Morgan fingerprint density at radius 1 is 1.47 bits per heavy atom. The summed E-state index contributed by atoms with van der Waals surface area (Å²) in [6.45, 7) is 8.69. The minimum atomic E-state index is -0.156. The predicted octanol–water partition coefficient (Wildman–Crippen LogP) is 3.19. The zero-order valence-electron chi connectivity index (χ0n) is 10.4. The fraction of sp³-hybridized carbons (Fsp3) is 0.917. The van der Waals surface area contributed by atoms with Crippen molar-refractivity contribution in [2.75, 3.05) is 6.61 Å². The Labute approximate surface area is 92.8 Å². The maximum absolute atomic E-state index is 11.9. The summed E-state index contributed by atoms with van der Waals surface area (Å²) < 4.78 is 5.13. The second-order valence-corrected chi connectivity index (χ2v) is 4.98. The molecule has 1 aliphatic heterocycles. The fourth-order valence-electron chi connectivity index (χ4n) is 2.46. The molecular formula is C12H23NO2. The molecular weight excluding hydrogens is 190 g/mol. The van der Waals surface area contributed by atoms with Crippen molar-refractivity contribution < 1.29 is 9.53 Å². The molecule has 1 fully saturated rings. The highest BCUT2D eigenvalue weighted by Gasteiger charge is 2.36. The SMILES string of the molecule is CCOC(=O)N1C(C)CCCCC1(C)C. The van der Waals surface area contributed by atoms with E-state index < -0.39 is 0 Å². The van der Waals surface area contributed by atoms with Gasteiger partial charge in [-0.05, 0) is 40.5 Å². The molecule has 1 amide bonds. The average molecular weight is 213 g/mol. The van der Waals surface area contributed by atoms with Crippen molar-refractivity contribution in [3.63, 3.8) is 0 Å². The standard InChI is InChI=1S/C12H23NO2/c1-5-15-11(14)13-10(2)8-6-7-9-12(13,3)4/h10H,5-9H2,1-4H3. The van der Waals surface area contributed by atoms with E-state index in [2.05, 4.69) is 20.8 Å². The Kier molecular flexibility index (Phi) is 4.00. The molecule has 0 radical (unpaired) electrons. The number of rotatable bonds is 1. The molecule has 0 bridgehead atoms. The molecule has 0 aromatic heterocycles. The van der Waals surface area contributed by atoms with E-state index in [-0.39, 0.29) is 11.6 Å². The Morgan fingerprint density at radius 2 is 2.13 bits per heavy atom. The van der Waals surface area contributed by atoms with Crippen molar-refractivity contribution >= 4 is 6.09 Å². The number of carbonyl (C=O) groups is 1. The summed E-state index contributed by atoms with van der Waals surface area (Å²) in [6.07, 6.45) is 4.41. The summed E-state index contributed by atoms with van der Waals surface area (Å²) in [6, 6.07) is 0.293. The van der Waals surface area contributed by atoms with Gasteiger partial charge in [0.25, 0.3) is 0 Å². The zero-order chi connectivity index (χ0) is 11.5. The van der Waals surface area contributed by atoms with Crippen molar-refractivity contribution in [1.29, 1.82) is 0 Å². The highest BCUT2D eigenvalue weighted by molar-refractivity contribution is 5.69. The van der Waals surface area contributed by atoms with Gasteiger partial charge in [0.2, 0.25) is 0 Å². The molecule has 0 aliphatic carbocycles. The van der Waals surface area contributed by atoms with Gasteiger partial charge < -0.3 is 9.64 Å². The molecule has 1 aliphatic rings. The van der Waals surface area contributed by atoms with Gasteiger partial charge in [0.15, 0.2) is 0 Å². The first kappa shape index (κ1) is 12.3. The first-order chi connectivity index (χ1) is 6.99. The van der Waals surface area contributed by atoms with Crippen LogP contribution < -0.4 is 0 Å². The van der Waals surface area contributed by atoms with Gasteiger partial charge in [-0.15, -0.1) is 0 Å². The van der Waals surface area contributed by atoms with E-state index in [1.54, 1.807) is 0 Å². The quantitative estimate of drug-likeness (QED) is 0.669. The second kappa shape index (κ2) is 4.86. The number of likely N-dealkylation sites (tertiary alicyclic amines) is 1. The van der Waals surface area contributed by atoms with Crippen LogP contribution in [0.3, 0.4) is 0 Å². The number of hydrogen-bond donors (Lipinski definition) is 0. The molecule has 3 heteroatoms. The average Bonchev–Trinajstić information content (AvgIpc) is 2.24.